The largest absolute Gasteiger partial charge is 0.243 e. The summed E-state index contributed by atoms with van der Waals surface area (Å²) in [4.78, 5) is 0.524. The van der Waals surface area contributed by atoms with Crippen LogP contribution in [-0.2, 0) is 20.0 Å². The zero-order valence-electron chi connectivity index (χ0n) is 17.2. The van der Waals surface area contributed by atoms with Gasteiger partial charge in [-0.2, -0.15) is 8.61 Å². The van der Waals surface area contributed by atoms with E-state index in [2.05, 4.69) is 0 Å². The fourth-order valence-electron chi connectivity index (χ4n) is 3.52. The zero-order chi connectivity index (χ0) is 21.5. The number of hydrogen-bond donors (Lipinski definition) is 0. The molecule has 0 atom stereocenters. The summed E-state index contributed by atoms with van der Waals surface area (Å²) in [5, 5.41) is 0. The maximum atomic E-state index is 13.0. The minimum Gasteiger partial charge on any atom is -0.207 e. The maximum absolute atomic E-state index is 13.0. The van der Waals surface area contributed by atoms with E-state index in [1.165, 1.54) is 8.61 Å². The number of rotatable bonds is 6. The zero-order valence-corrected chi connectivity index (χ0v) is 18.8. The van der Waals surface area contributed by atoms with E-state index in [1.54, 1.807) is 36.4 Å². The lowest BCUT2D eigenvalue weighted by Gasteiger charge is -2.30. The first-order chi connectivity index (χ1) is 14.2. The van der Waals surface area contributed by atoms with Gasteiger partial charge in [-0.05, 0) is 61.1 Å². The average molecular weight is 447 g/mol. The van der Waals surface area contributed by atoms with Crippen LogP contribution in [0.1, 0.15) is 35.1 Å². The highest BCUT2D eigenvalue weighted by molar-refractivity contribution is 7.89. The van der Waals surface area contributed by atoms with Gasteiger partial charge in [0, 0.05) is 26.2 Å². The highest BCUT2D eigenvalue weighted by Crippen LogP contribution is 2.29. The maximum Gasteiger partial charge on any atom is 0.243 e. The number of sulfonamides is 2. The second-order valence-electron chi connectivity index (χ2n) is 7.93. The van der Waals surface area contributed by atoms with Gasteiger partial charge < -0.3 is 0 Å². The Labute approximate surface area is 178 Å². The molecule has 6 nitrogen and oxygen atoms in total. The van der Waals surface area contributed by atoms with E-state index < -0.39 is 20.0 Å². The third-order valence-electron chi connectivity index (χ3n) is 5.65. The molecule has 2 fully saturated rings. The van der Waals surface area contributed by atoms with Crippen molar-refractivity contribution in [3.05, 3.63) is 58.7 Å². The predicted molar refractivity (Wildman–Crippen MR) is 118 cm³/mol. The molecule has 0 aliphatic carbocycles. The Bertz CT molecular complexity index is 1110. The standard InChI is InChI=1S/C22H26N2O4S2/c1-17-5-7-19(21(15-17)29(25,26)23-11-3-12-23)9-10-20-8-6-18(2)16-22(20)30(27,28)24-13-4-14-24/h5-10,15-16H,3-4,11-14H2,1-2H3/b10-9+. The summed E-state index contributed by atoms with van der Waals surface area (Å²) in [7, 11) is -7.12. The first-order valence-corrected chi connectivity index (χ1v) is 13.0. The van der Waals surface area contributed by atoms with Gasteiger partial charge in [0.2, 0.25) is 20.0 Å². The second kappa shape index (κ2) is 7.92. The summed E-state index contributed by atoms with van der Waals surface area (Å²) in [5.74, 6) is 0. The van der Waals surface area contributed by atoms with Gasteiger partial charge in [0.05, 0.1) is 9.79 Å². The third kappa shape index (κ3) is 3.85. The fraction of sp³-hybridized carbons (Fsp3) is 0.364. The van der Waals surface area contributed by atoms with Gasteiger partial charge in [-0.25, -0.2) is 16.8 Å². The van der Waals surface area contributed by atoms with Gasteiger partial charge in [0.15, 0.2) is 0 Å². The van der Waals surface area contributed by atoms with Gasteiger partial charge in [0.1, 0.15) is 0 Å². The molecule has 160 valence electrons. The predicted octanol–water partition coefficient (Wildman–Crippen LogP) is 3.26. The number of hydrogen-bond acceptors (Lipinski definition) is 4. The van der Waals surface area contributed by atoms with E-state index in [9.17, 15) is 16.8 Å². The smallest absolute Gasteiger partial charge is 0.207 e. The van der Waals surface area contributed by atoms with Crippen LogP contribution in [0.25, 0.3) is 12.2 Å². The molecule has 0 bridgehead atoms. The summed E-state index contributed by atoms with van der Waals surface area (Å²) in [6.45, 7) is 5.87. The Hall–Kier alpha value is -2.00. The van der Waals surface area contributed by atoms with Crippen molar-refractivity contribution in [1.82, 2.24) is 8.61 Å². The monoisotopic (exact) mass is 446 g/mol. The van der Waals surface area contributed by atoms with Crippen molar-refractivity contribution < 1.29 is 16.8 Å². The molecule has 0 radical (unpaired) electrons. The average Bonchev–Trinajstić information content (AvgIpc) is 2.57. The molecule has 0 aromatic heterocycles. The summed E-state index contributed by atoms with van der Waals surface area (Å²) in [6, 6.07) is 10.6. The summed E-state index contributed by atoms with van der Waals surface area (Å²) < 4.78 is 54.9. The fourth-order valence-corrected chi connectivity index (χ4v) is 7.09. The van der Waals surface area contributed by atoms with E-state index in [1.807, 2.05) is 26.0 Å². The van der Waals surface area contributed by atoms with Crippen LogP contribution in [0.15, 0.2) is 46.2 Å². The molecular formula is C22H26N2O4S2. The topological polar surface area (TPSA) is 74.8 Å². The Morgan fingerprint density at radius 1 is 0.667 bits per heavy atom. The van der Waals surface area contributed by atoms with Crippen LogP contribution in [0.3, 0.4) is 0 Å². The quantitative estimate of drug-likeness (QED) is 0.639. The van der Waals surface area contributed by atoms with Gasteiger partial charge in [-0.1, -0.05) is 36.4 Å². The molecule has 0 amide bonds. The van der Waals surface area contributed by atoms with E-state index in [0.29, 0.717) is 37.3 Å². The highest BCUT2D eigenvalue weighted by Gasteiger charge is 2.32. The number of benzene rings is 2. The van der Waals surface area contributed by atoms with Gasteiger partial charge in [0.25, 0.3) is 0 Å². The van der Waals surface area contributed by atoms with Crippen LogP contribution < -0.4 is 0 Å². The lowest BCUT2D eigenvalue weighted by Crippen LogP contribution is -2.42. The Morgan fingerprint density at radius 3 is 1.33 bits per heavy atom. The lowest BCUT2D eigenvalue weighted by molar-refractivity contribution is 0.309. The minimum atomic E-state index is -3.56. The first-order valence-electron chi connectivity index (χ1n) is 10.1. The van der Waals surface area contributed by atoms with Crippen LogP contribution in [0, 0.1) is 13.8 Å². The SMILES string of the molecule is Cc1ccc(/C=C/c2ccc(C)cc2S(=O)(=O)N2CCC2)c(S(=O)(=O)N2CCC2)c1. The molecule has 2 aliphatic heterocycles. The van der Waals surface area contributed by atoms with Crippen molar-refractivity contribution in [2.45, 2.75) is 36.5 Å². The van der Waals surface area contributed by atoms with Crippen LogP contribution in [0.4, 0.5) is 0 Å². The van der Waals surface area contributed by atoms with Gasteiger partial charge in [-0.3, -0.25) is 0 Å². The van der Waals surface area contributed by atoms with Crippen LogP contribution in [0.2, 0.25) is 0 Å². The molecule has 30 heavy (non-hydrogen) atoms. The van der Waals surface area contributed by atoms with Crippen LogP contribution in [0.5, 0.6) is 0 Å². The Balaban J connectivity index is 1.75. The Kier molecular flexibility index (Phi) is 5.61. The van der Waals surface area contributed by atoms with Crippen molar-refractivity contribution in [2.24, 2.45) is 0 Å². The molecule has 4 rings (SSSR count). The molecular weight excluding hydrogens is 420 g/mol. The lowest BCUT2D eigenvalue weighted by atomic mass is 10.1. The third-order valence-corrected chi connectivity index (χ3v) is 9.55. The molecule has 8 heteroatoms. The summed E-state index contributed by atoms with van der Waals surface area (Å²) in [6.07, 6.45) is 5.15. The molecule has 0 unspecified atom stereocenters. The van der Waals surface area contributed by atoms with E-state index in [0.717, 1.165) is 24.0 Å². The minimum absolute atomic E-state index is 0.262. The molecule has 2 aromatic carbocycles. The highest BCUT2D eigenvalue weighted by atomic mass is 32.2. The van der Waals surface area contributed by atoms with Crippen molar-refractivity contribution >= 4 is 32.2 Å². The van der Waals surface area contributed by atoms with Crippen molar-refractivity contribution in [3.63, 3.8) is 0 Å². The first kappa shape index (κ1) is 21.2. The Morgan fingerprint density at radius 2 is 1.03 bits per heavy atom. The molecule has 0 saturated carbocycles. The molecule has 2 saturated heterocycles. The number of nitrogens with zero attached hydrogens (tertiary/aromatic N) is 2. The molecule has 2 aliphatic rings. The van der Waals surface area contributed by atoms with Crippen LogP contribution >= 0.6 is 0 Å². The van der Waals surface area contributed by atoms with Crippen molar-refractivity contribution in [2.75, 3.05) is 26.2 Å². The van der Waals surface area contributed by atoms with E-state index >= 15 is 0 Å². The van der Waals surface area contributed by atoms with E-state index in [-0.39, 0.29) is 9.79 Å². The number of aryl methyl sites for hydroxylation is 2. The molecule has 2 heterocycles. The summed E-state index contributed by atoms with van der Waals surface area (Å²) in [5.41, 5.74) is 2.84. The van der Waals surface area contributed by atoms with Gasteiger partial charge >= 0.3 is 0 Å². The molecule has 0 N–H and O–H groups in total. The normalized spacial score (nSPS) is 18.3. The second-order valence-corrected chi connectivity index (χ2v) is 11.7. The summed E-state index contributed by atoms with van der Waals surface area (Å²) >= 11 is 0. The molecule has 0 spiro atoms. The van der Waals surface area contributed by atoms with E-state index in [4.69, 9.17) is 0 Å². The van der Waals surface area contributed by atoms with Crippen LogP contribution in [-0.4, -0.2) is 51.6 Å². The van der Waals surface area contributed by atoms with Crippen molar-refractivity contribution in [3.8, 4) is 0 Å². The van der Waals surface area contributed by atoms with Gasteiger partial charge in [-0.15, -0.1) is 0 Å². The van der Waals surface area contributed by atoms with Crippen molar-refractivity contribution in [1.29, 1.82) is 0 Å². The molecule has 2 aromatic rings.